The largest absolute Gasteiger partial charge is 0.313 e. The normalized spacial score (nSPS) is 10.0. The molecule has 0 saturated heterocycles. The second-order valence-electron chi connectivity index (χ2n) is 3.66. The maximum Gasteiger partial charge on any atom is 0.237 e. The Labute approximate surface area is 123 Å². The average molecular weight is 378 g/mol. The molecule has 0 fully saturated rings. The van der Waals surface area contributed by atoms with Crippen molar-refractivity contribution < 1.29 is 9.59 Å². The Hall–Kier alpha value is -0.880. The second-order valence-corrected chi connectivity index (χ2v) is 4.78. The van der Waals surface area contributed by atoms with Crippen molar-refractivity contribution >= 4 is 55.0 Å². The van der Waals surface area contributed by atoms with Crippen LogP contribution < -0.4 is 9.80 Å². The molecule has 0 heterocycles. The van der Waals surface area contributed by atoms with E-state index in [9.17, 15) is 9.59 Å². The summed E-state index contributed by atoms with van der Waals surface area (Å²) in [5.41, 5.74) is 1.41. The minimum atomic E-state index is -0.0675. The molecule has 0 radical (unpaired) electrons. The number of nitrogens with zero attached hydrogens (tertiary/aromatic N) is 2. The third-order valence-electron chi connectivity index (χ3n) is 2.58. The highest BCUT2D eigenvalue weighted by atomic mass is 79.9. The van der Waals surface area contributed by atoms with Crippen LogP contribution in [0.2, 0.25) is 0 Å². The number of hydrogen-bond donors (Lipinski definition) is 0. The van der Waals surface area contributed by atoms with Gasteiger partial charge in [0.2, 0.25) is 11.8 Å². The van der Waals surface area contributed by atoms with Crippen molar-refractivity contribution in [2.75, 3.05) is 34.6 Å². The van der Waals surface area contributed by atoms with Gasteiger partial charge in [-0.3, -0.25) is 9.59 Å². The van der Waals surface area contributed by atoms with E-state index in [1.807, 2.05) is 24.3 Å². The maximum atomic E-state index is 11.7. The number of halogens is 2. The molecule has 2 amide bonds. The van der Waals surface area contributed by atoms with Crippen molar-refractivity contribution in [3.63, 3.8) is 0 Å². The summed E-state index contributed by atoms with van der Waals surface area (Å²) in [4.78, 5) is 26.4. The Kier molecular flexibility index (Phi) is 5.81. The summed E-state index contributed by atoms with van der Waals surface area (Å²) in [7, 11) is 3.38. The molecule has 0 saturated carbocycles. The number of para-hydroxylation sites is 2. The molecule has 0 aromatic heterocycles. The van der Waals surface area contributed by atoms with Crippen molar-refractivity contribution in [1.29, 1.82) is 0 Å². The van der Waals surface area contributed by atoms with Gasteiger partial charge in [0.15, 0.2) is 0 Å². The zero-order valence-electron chi connectivity index (χ0n) is 10.2. The van der Waals surface area contributed by atoms with E-state index in [0.717, 1.165) is 0 Å². The summed E-state index contributed by atoms with van der Waals surface area (Å²) >= 11 is 6.28. The highest BCUT2D eigenvalue weighted by Crippen LogP contribution is 2.28. The summed E-state index contributed by atoms with van der Waals surface area (Å²) in [6.07, 6.45) is 0. The smallest absolute Gasteiger partial charge is 0.237 e. The van der Waals surface area contributed by atoms with Gasteiger partial charge in [0.05, 0.1) is 22.0 Å². The van der Waals surface area contributed by atoms with Gasteiger partial charge in [0.25, 0.3) is 0 Å². The predicted octanol–water partition coefficient (Wildman–Crippen LogP) is 2.40. The Morgan fingerprint density at radius 3 is 1.56 bits per heavy atom. The summed E-state index contributed by atoms with van der Waals surface area (Å²) in [5.74, 6) is -0.135. The van der Waals surface area contributed by atoms with Gasteiger partial charge in [-0.2, -0.15) is 0 Å². The minimum absolute atomic E-state index is 0.0675. The van der Waals surface area contributed by atoms with Gasteiger partial charge >= 0.3 is 0 Å². The first kappa shape index (κ1) is 15.2. The van der Waals surface area contributed by atoms with E-state index in [1.165, 1.54) is 9.80 Å². The number of carbonyl (C=O) groups excluding carboxylic acids is 2. The molecule has 0 spiro atoms. The van der Waals surface area contributed by atoms with Gasteiger partial charge in [-0.25, -0.2) is 0 Å². The lowest BCUT2D eigenvalue weighted by molar-refractivity contribution is -0.116. The van der Waals surface area contributed by atoms with E-state index in [-0.39, 0.29) is 22.5 Å². The molecule has 0 unspecified atom stereocenters. The van der Waals surface area contributed by atoms with E-state index in [4.69, 9.17) is 0 Å². The third-order valence-corrected chi connectivity index (χ3v) is 3.54. The first-order valence-corrected chi connectivity index (χ1v) is 7.51. The van der Waals surface area contributed by atoms with E-state index < -0.39 is 0 Å². The molecule has 1 aromatic carbocycles. The lowest BCUT2D eigenvalue weighted by atomic mass is 10.2. The number of carbonyl (C=O) groups is 2. The fourth-order valence-corrected chi connectivity index (χ4v) is 2.23. The molecule has 0 aliphatic heterocycles. The van der Waals surface area contributed by atoms with Crippen LogP contribution in [0.4, 0.5) is 11.4 Å². The van der Waals surface area contributed by atoms with Gasteiger partial charge in [0.1, 0.15) is 0 Å². The van der Waals surface area contributed by atoms with Gasteiger partial charge in [0, 0.05) is 14.1 Å². The molecule has 98 valence electrons. The number of rotatable bonds is 4. The Morgan fingerprint density at radius 2 is 1.28 bits per heavy atom. The number of benzene rings is 1. The Morgan fingerprint density at radius 1 is 0.944 bits per heavy atom. The van der Waals surface area contributed by atoms with Crippen molar-refractivity contribution in [2.24, 2.45) is 0 Å². The molecular formula is C12H14Br2N2O2. The lowest BCUT2D eigenvalue weighted by Crippen LogP contribution is -2.32. The van der Waals surface area contributed by atoms with Crippen LogP contribution in [0.1, 0.15) is 0 Å². The van der Waals surface area contributed by atoms with Crippen molar-refractivity contribution in [3.8, 4) is 0 Å². The standard InChI is InChI=1S/C12H14Br2N2O2/c1-15(11(17)7-13)9-5-3-4-6-10(9)16(2)12(18)8-14/h3-6H,7-8H2,1-2H3. The van der Waals surface area contributed by atoms with Crippen LogP contribution in [0, 0.1) is 0 Å². The molecule has 0 aliphatic carbocycles. The summed E-state index contributed by atoms with van der Waals surface area (Å²) in [6.45, 7) is 0. The average Bonchev–Trinajstić information content (AvgIpc) is 2.43. The maximum absolute atomic E-state index is 11.7. The van der Waals surface area contributed by atoms with Crippen LogP contribution in [-0.2, 0) is 9.59 Å². The van der Waals surface area contributed by atoms with Crippen LogP contribution in [0.3, 0.4) is 0 Å². The van der Waals surface area contributed by atoms with Crippen molar-refractivity contribution in [2.45, 2.75) is 0 Å². The highest BCUT2D eigenvalue weighted by Gasteiger charge is 2.18. The van der Waals surface area contributed by atoms with E-state index in [2.05, 4.69) is 31.9 Å². The minimum Gasteiger partial charge on any atom is -0.313 e. The van der Waals surface area contributed by atoms with E-state index in [0.29, 0.717) is 11.4 Å². The van der Waals surface area contributed by atoms with Crippen LogP contribution in [0.25, 0.3) is 0 Å². The van der Waals surface area contributed by atoms with E-state index >= 15 is 0 Å². The predicted molar refractivity (Wildman–Crippen MR) is 80.9 cm³/mol. The van der Waals surface area contributed by atoms with Crippen LogP contribution in [0.15, 0.2) is 24.3 Å². The molecule has 18 heavy (non-hydrogen) atoms. The molecule has 1 rings (SSSR count). The fourth-order valence-electron chi connectivity index (χ4n) is 1.48. The number of amides is 2. The van der Waals surface area contributed by atoms with Crippen LogP contribution in [0.5, 0.6) is 0 Å². The molecule has 1 aromatic rings. The number of hydrogen-bond acceptors (Lipinski definition) is 2. The molecule has 0 N–H and O–H groups in total. The lowest BCUT2D eigenvalue weighted by Gasteiger charge is -2.24. The molecule has 6 heteroatoms. The fraction of sp³-hybridized carbons (Fsp3) is 0.333. The van der Waals surface area contributed by atoms with Crippen LogP contribution >= 0.6 is 31.9 Å². The van der Waals surface area contributed by atoms with Crippen molar-refractivity contribution in [3.05, 3.63) is 24.3 Å². The summed E-state index contributed by atoms with van der Waals surface area (Å²) < 4.78 is 0. The van der Waals surface area contributed by atoms with Crippen LogP contribution in [-0.4, -0.2) is 36.6 Å². The van der Waals surface area contributed by atoms with Gasteiger partial charge < -0.3 is 9.80 Å². The highest BCUT2D eigenvalue weighted by molar-refractivity contribution is 9.09. The Bertz CT molecular complexity index is 410. The van der Waals surface area contributed by atoms with Gasteiger partial charge in [-0.05, 0) is 12.1 Å². The van der Waals surface area contributed by atoms with Gasteiger partial charge in [-0.1, -0.05) is 44.0 Å². The summed E-state index contributed by atoms with van der Waals surface area (Å²) in [5, 5.41) is 0.488. The number of anilines is 2. The molecule has 0 atom stereocenters. The zero-order chi connectivity index (χ0) is 13.7. The molecule has 0 bridgehead atoms. The van der Waals surface area contributed by atoms with E-state index in [1.54, 1.807) is 14.1 Å². The molecule has 4 nitrogen and oxygen atoms in total. The zero-order valence-corrected chi connectivity index (χ0v) is 13.4. The first-order chi connectivity index (χ1) is 8.52. The Balaban J connectivity index is 3.14. The monoisotopic (exact) mass is 376 g/mol. The van der Waals surface area contributed by atoms with Gasteiger partial charge in [-0.15, -0.1) is 0 Å². The first-order valence-electron chi connectivity index (χ1n) is 5.27. The SMILES string of the molecule is CN(C(=O)CBr)c1ccccc1N(C)C(=O)CBr. The third kappa shape index (κ3) is 3.32. The molecule has 0 aliphatic rings. The summed E-state index contributed by atoms with van der Waals surface area (Å²) in [6, 6.07) is 7.30. The second kappa shape index (κ2) is 6.89. The topological polar surface area (TPSA) is 40.6 Å². The van der Waals surface area contributed by atoms with Crippen molar-refractivity contribution in [1.82, 2.24) is 0 Å². The molecular weight excluding hydrogens is 364 g/mol. The quantitative estimate of drug-likeness (QED) is 0.756. The number of alkyl halides is 2.